The molecule has 1 aromatic heterocycles. The Morgan fingerprint density at radius 3 is 2.20 bits per heavy atom. The van der Waals surface area contributed by atoms with Crippen LogP contribution in [0, 0.1) is 0 Å². The minimum atomic E-state index is -3.38. The number of sulfonamides is 1. The molecule has 3 amide bonds. The van der Waals surface area contributed by atoms with Crippen LogP contribution in [0.4, 0.5) is 4.79 Å². The predicted octanol–water partition coefficient (Wildman–Crippen LogP) is 1.87. The van der Waals surface area contributed by atoms with E-state index < -0.39 is 10.0 Å². The highest BCUT2D eigenvalue weighted by molar-refractivity contribution is 7.88. The zero-order valence-electron chi connectivity index (χ0n) is 27.3. The molecule has 3 aliphatic rings. The summed E-state index contributed by atoms with van der Waals surface area (Å²) >= 11 is 0. The van der Waals surface area contributed by atoms with Gasteiger partial charge in [-0.1, -0.05) is 18.2 Å². The van der Waals surface area contributed by atoms with Gasteiger partial charge in [-0.15, -0.1) is 0 Å². The fourth-order valence-corrected chi connectivity index (χ4v) is 8.18. The van der Waals surface area contributed by atoms with Crippen LogP contribution in [0.3, 0.4) is 0 Å². The molecule has 13 heteroatoms. The Kier molecular flexibility index (Phi) is 10.2. The molecule has 2 bridgehead atoms. The minimum absolute atomic E-state index is 0.00786. The summed E-state index contributed by atoms with van der Waals surface area (Å²) in [5.41, 5.74) is 0.723. The molecule has 4 heterocycles. The zero-order chi connectivity index (χ0) is 32.5. The number of hydrogen-bond acceptors (Lipinski definition) is 7. The topological polar surface area (TPSA) is 119 Å². The van der Waals surface area contributed by atoms with Crippen LogP contribution in [-0.2, 0) is 10.0 Å². The van der Waals surface area contributed by atoms with Crippen LogP contribution in [0.15, 0.2) is 35.1 Å². The number of piperidine rings is 1. The van der Waals surface area contributed by atoms with E-state index in [0.29, 0.717) is 39.3 Å². The van der Waals surface area contributed by atoms with E-state index in [1.165, 1.54) is 6.26 Å². The quantitative estimate of drug-likeness (QED) is 0.420. The van der Waals surface area contributed by atoms with Crippen LogP contribution >= 0.6 is 0 Å². The summed E-state index contributed by atoms with van der Waals surface area (Å²) < 4.78 is 28.7. The maximum Gasteiger partial charge on any atom is 0.319 e. The van der Waals surface area contributed by atoms with Gasteiger partial charge in [0.2, 0.25) is 10.0 Å². The molecule has 3 aliphatic heterocycles. The minimum Gasteiger partial charge on any atom is -0.349 e. The van der Waals surface area contributed by atoms with E-state index in [0.717, 1.165) is 49.7 Å². The number of urea groups is 1. The summed E-state index contributed by atoms with van der Waals surface area (Å²) in [6, 6.07) is 9.78. The van der Waals surface area contributed by atoms with Crippen molar-refractivity contribution in [1.82, 2.24) is 33.8 Å². The first-order chi connectivity index (χ1) is 21.3. The Hall–Kier alpha value is -3.00. The number of fused-ring (bicyclic) bond motifs is 3. The van der Waals surface area contributed by atoms with Crippen molar-refractivity contribution < 1.29 is 18.0 Å². The molecule has 1 aromatic carbocycles. The second-order valence-corrected chi connectivity index (χ2v) is 15.3. The first kappa shape index (κ1) is 33.4. The van der Waals surface area contributed by atoms with Gasteiger partial charge in [0.15, 0.2) is 0 Å². The first-order valence-electron chi connectivity index (χ1n) is 16.2. The zero-order valence-corrected chi connectivity index (χ0v) is 28.1. The van der Waals surface area contributed by atoms with Gasteiger partial charge >= 0.3 is 6.03 Å². The molecule has 0 spiro atoms. The van der Waals surface area contributed by atoms with E-state index in [1.807, 2.05) is 43.0 Å². The molecule has 5 rings (SSSR count). The normalized spacial score (nSPS) is 22.8. The number of nitrogens with one attached hydrogen (secondary N) is 1. The summed E-state index contributed by atoms with van der Waals surface area (Å²) in [7, 11) is 0.118. The Balaban J connectivity index is 1.16. The molecule has 3 saturated heterocycles. The number of pyridine rings is 1. The Morgan fingerprint density at radius 2 is 1.60 bits per heavy atom. The van der Waals surface area contributed by atoms with Crippen LogP contribution in [0.25, 0.3) is 10.9 Å². The molecule has 3 atom stereocenters. The third-order valence-corrected chi connectivity index (χ3v) is 11.0. The standard InChI is InChI=1S/C32H49N7O5S/c1-23(2)39-29-9-7-6-8-24(29)20-28(31(39)41)30(40)33-25-21-26-10-11-27(22-25)38(26)19-18-37(45(5,43)44)17-14-35-12-15-36(16-13-35)32(42)34(3)4/h6-9,20,23,25-27H,10-19,21-22H2,1-5H3,(H,33,40)/t25-,26-,27+. The summed E-state index contributed by atoms with van der Waals surface area (Å²) in [6.07, 6.45) is 4.87. The summed E-state index contributed by atoms with van der Waals surface area (Å²) in [6.45, 7) is 8.75. The Bertz CT molecular complexity index is 1540. The van der Waals surface area contributed by atoms with Crippen molar-refractivity contribution in [3.63, 3.8) is 0 Å². The van der Waals surface area contributed by atoms with Gasteiger partial charge in [0.05, 0.1) is 11.8 Å². The van der Waals surface area contributed by atoms with Crippen LogP contribution < -0.4 is 10.9 Å². The highest BCUT2D eigenvalue weighted by Crippen LogP contribution is 2.35. The second kappa shape index (κ2) is 13.8. The lowest BCUT2D eigenvalue weighted by Gasteiger charge is -2.40. The molecule has 0 saturated carbocycles. The van der Waals surface area contributed by atoms with E-state index in [9.17, 15) is 22.8 Å². The molecule has 1 N–H and O–H groups in total. The number of nitrogens with zero attached hydrogens (tertiary/aromatic N) is 6. The number of carbonyl (C=O) groups is 2. The first-order valence-corrected chi connectivity index (χ1v) is 18.0. The number of aromatic nitrogens is 1. The Labute approximate surface area is 267 Å². The van der Waals surface area contributed by atoms with Gasteiger partial charge in [0, 0.05) is 90.6 Å². The average molecular weight is 644 g/mol. The number of para-hydroxylation sites is 1. The van der Waals surface area contributed by atoms with Crippen molar-refractivity contribution in [3.05, 3.63) is 46.2 Å². The monoisotopic (exact) mass is 643 g/mol. The summed E-state index contributed by atoms with van der Waals surface area (Å²) in [5, 5.41) is 4.04. The van der Waals surface area contributed by atoms with Crippen molar-refractivity contribution in [2.75, 3.05) is 72.7 Å². The van der Waals surface area contributed by atoms with Crippen molar-refractivity contribution in [2.45, 2.75) is 63.7 Å². The SMILES string of the molecule is CC(C)n1c(=O)c(C(=O)N[C@@H]2C[C@H]3CC[C@@H](C2)N3CCN(CCN2CCN(C(=O)N(C)C)CC2)S(C)(=O)=O)cc2ccccc21. The number of amides is 3. The van der Waals surface area contributed by atoms with Gasteiger partial charge in [-0.2, -0.15) is 4.31 Å². The number of benzene rings is 1. The van der Waals surface area contributed by atoms with E-state index in [1.54, 1.807) is 33.9 Å². The molecule has 45 heavy (non-hydrogen) atoms. The highest BCUT2D eigenvalue weighted by atomic mass is 32.2. The molecule has 2 aromatic rings. The molecule has 0 unspecified atom stereocenters. The van der Waals surface area contributed by atoms with Crippen LogP contribution in [0.5, 0.6) is 0 Å². The van der Waals surface area contributed by atoms with Crippen molar-refractivity contribution in [2.24, 2.45) is 0 Å². The number of hydrogen-bond donors (Lipinski definition) is 1. The third kappa shape index (κ3) is 7.53. The van der Waals surface area contributed by atoms with Gasteiger partial charge in [-0.25, -0.2) is 13.2 Å². The number of piperazine rings is 1. The average Bonchev–Trinajstić information content (AvgIpc) is 3.22. The molecule has 0 radical (unpaired) electrons. The van der Waals surface area contributed by atoms with Crippen molar-refractivity contribution >= 4 is 32.9 Å². The fourth-order valence-electron chi connectivity index (χ4n) is 7.35. The van der Waals surface area contributed by atoms with E-state index in [-0.39, 0.29) is 47.2 Å². The van der Waals surface area contributed by atoms with Crippen LogP contribution in [-0.4, -0.2) is 140 Å². The van der Waals surface area contributed by atoms with Gasteiger partial charge in [-0.3, -0.25) is 19.4 Å². The van der Waals surface area contributed by atoms with Gasteiger partial charge in [0.1, 0.15) is 5.56 Å². The van der Waals surface area contributed by atoms with Gasteiger partial charge < -0.3 is 19.7 Å². The van der Waals surface area contributed by atoms with Crippen LogP contribution in [0.2, 0.25) is 0 Å². The van der Waals surface area contributed by atoms with Gasteiger partial charge in [-0.05, 0) is 57.0 Å². The van der Waals surface area contributed by atoms with Crippen molar-refractivity contribution in [3.8, 4) is 0 Å². The second-order valence-electron chi connectivity index (χ2n) is 13.3. The lowest BCUT2D eigenvalue weighted by molar-refractivity contribution is 0.0826. The summed E-state index contributed by atoms with van der Waals surface area (Å²) in [4.78, 5) is 47.1. The number of carbonyl (C=O) groups excluding carboxylic acids is 2. The lowest BCUT2D eigenvalue weighted by atomic mass is 9.97. The van der Waals surface area contributed by atoms with E-state index in [4.69, 9.17) is 0 Å². The predicted molar refractivity (Wildman–Crippen MR) is 176 cm³/mol. The molecule has 12 nitrogen and oxygen atoms in total. The lowest BCUT2D eigenvalue weighted by Crippen LogP contribution is -2.54. The van der Waals surface area contributed by atoms with Crippen LogP contribution in [0.1, 0.15) is 55.9 Å². The maximum absolute atomic E-state index is 13.4. The van der Waals surface area contributed by atoms with Crippen molar-refractivity contribution in [1.29, 1.82) is 0 Å². The largest absolute Gasteiger partial charge is 0.349 e. The molecular formula is C32H49N7O5S. The smallest absolute Gasteiger partial charge is 0.319 e. The molecule has 3 fully saturated rings. The molecule has 248 valence electrons. The van der Waals surface area contributed by atoms with Gasteiger partial charge in [0.25, 0.3) is 11.5 Å². The molecular weight excluding hydrogens is 594 g/mol. The number of rotatable bonds is 10. The summed E-state index contributed by atoms with van der Waals surface area (Å²) in [5.74, 6) is -0.326. The van der Waals surface area contributed by atoms with E-state index >= 15 is 0 Å². The fraction of sp³-hybridized carbons (Fsp3) is 0.656. The maximum atomic E-state index is 13.4. The third-order valence-electron chi connectivity index (χ3n) is 9.69. The molecule has 0 aliphatic carbocycles. The van der Waals surface area contributed by atoms with E-state index in [2.05, 4.69) is 15.1 Å². The highest BCUT2D eigenvalue weighted by Gasteiger charge is 2.41. The Morgan fingerprint density at radius 1 is 0.978 bits per heavy atom.